The summed E-state index contributed by atoms with van der Waals surface area (Å²) >= 11 is 1.09. The molecule has 142 valence electrons. The minimum atomic E-state index is -0.991. The van der Waals surface area contributed by atoms with Crippen LogP contribution in [0.2, 0.25) is 0 Å². The van der Waals surface area contributed by atoms with Gasteiger partial charge in [0, 0.05) is 24.3 Å². The Hall–Kier alpha value is -1.38. The van der Waals surface area contributed by atoms with Gasteiger partial charge >= 0.3 is 7.12 Å². The molecule has 1 aliphatic rings. The molecule has 0 unspecified atom stereocenters. The van der Waals surface area contributed by atoms with E-state index in [2.05, 4.69) is 0 Å². The average Bonchev–Trinajstić information content (AvgIpc) is 2.74. The molecule has 1 heterocycles. The summed E-state index contributed by atoms with van der Waals surface area (Å²) in [5.74, 6) is -1.49. The van der Waals surface area contributed by atoms with Crippen LogP contribution in [-0.4, -0.2) is 36.3 Å². The zero-order chi connectivity index (χ0) is 19.7. The van der Waals surface area contributed by atoms with Gasteiger partial charge in [0.1, 0.15) is 5.75 Å². The van der Waals surface area contributed by atoms with Crippen LogP contribution >= 0.6 is 11.8 Å². The van der Waals surface area contributed by atoms with Crippen LogP contribution in [0, 0.1) is 11.6 Å². The Kier molecular flexibility index (Phi) is 6.20. The number of carbonyl (C=O) groups excluding carboxylic acids is 1. The van der Waals surface area contributed by atoms with Gasteiger partial charge in [0.05, 0.1) is 18.3 Å². The van der Waals surface area contributed by atoms with Gasteiger partial charge in [0.25, 0.3) is 0 Å². The molecule has 0 atom stereocenters. The zero-order valence-electron chi connectivity index (χ0n) is 15.8. The molecular formula is C18H23BF2O4S. The first-order valence-corrected chi connectivity index (χ1v) is 9.18. The largest absolute Gasteiger partial charge is 0.496 e. The Labute approximate surface area is 157 Å². The van der Waals surface area contributed by atoms with Crippen molar-refractivity contribution < 1.29 is 27.6 Å². The molecule has 1 aromatic rings. The molecule has 0 radical (unpaired) electrons. The van der Waals surface area contributed by atoms with Gasteiger partial charge in [-0.15, -0.1) is 0 Å². The lowest BCUT2D eigenvalue weighted by molar-refractivity contribution is -0.109. The highest BCUT2D eigenvalue weighted by molar-refractivity contribution is 8.13. The van der Waals surface area contributed by atoms with Crippen LogP contribution in [0.1, 0.15) is 40.2 Å². The highest BCUT2D eigenvalue weighted by atomic mass is 32.2. The monoisotopic (exact) mass is 384 g/mol. The number of rotatable bonds is 5. The van der Waals surface area contributed by atoms with Crippen LogP contribution in [-0.2, 0) is 14.1 Å². The first kappa shape index (κ1) is 20.9. The molecule has 1 aliphatic heterocycles. The van der Waals surface area contributed by atoms with Crippen molar-refractivity contribution in [3.8, 4) is 5.75 Å². The first-order chi connectivity index (χ1) is 12.0. The summed E-state index contributed by atoms with van der Waals surface area (Å²) in [7, 11) is 0.674. The van der Waals surface area contributed by atoms with Crippen LogP contribution in [0.25, 0.3) is 6.08 Å². The predicted molar refractivity (Wildman–Crippen MR) is 100 cm³/mol. The summed E-state index contributed by atoms with van der Waals surface area (Å²) in [5, 5.41) is -0.0651. The van der Waals surface area contributed by atoms with Crippen molar-refractivity contribution in [1.82, 2.24) is 0 Å². The molecule has 2 rings (SSSR count). The molecule has 26 heavy (non-hydrogen) atoms. The Morgan fingerprint density at radius 1 is 1.19 bits per heavy atom. The minimum Gasteiger partial charge on any atom is -0.496 e. The van der Waals surface area contributed by atoms with Crippen LogP contribution in [0.15, 0.2) is 17.6 Å². The van der Waals surface area contributed by atoms with Crippen LogP contribution in [0.4, 0.5) is 8.78 Å². The molecule has 0 saturated carbocycles. The van der Waals surface area contributed by atoms with Gasteiger partial charge in [0.2, 0.25) is 0 Å². The Balaban J connectivity index is 2.44. The van der Waals surface area contributed by atoms with Crippen LogP contribution in [0.5, 0.6) is 5.75 Å². The molecule has 8 heteroatoms. The molecule has 1 aromatic carbocycles. The highest BCUT2D eigenvalue weighted by Gasteiger charge is 2.52. The maximum atomic E-state index is 13.7. The van der Waals surface area contributed by atoms with Gasteiger partial charge in [0.15, 0.2) is 16.7 Å². The maximum absolute atomic E-state index is 13.7. The zero-order valence-corrected chi connectivity index (χ0v) is 16.6. The van der Waals surface area contributed by atoms with E-state index in [4.69, 9.17) is 14.0 Å². The number of methoxy groups -OCH3 is 1. The Morgan fingerprint density at radius 2 is 1.73 bits per heavy atom. The topological polar surface area (TPSA) is 44.8 Å². The molecule has 0 aromatic heterocycles. The number of benzene rings is 1. The van der Waals surface area contributed by atoms with E-state index in [1.165, 1.54) is 14.0 Å². The molecule has 0 aliphatic carbocycles. The summed E-state index contributed by atoms with van der Waals surface area (Å²) in [6.45, 7) is 9.13. The summed E-state index contributed by atoms with van der Waals surface area (Å²) in [6.07, 6.45) is 1.62. The van der Waals surface area contributed by atoms with Crippen molar-refractivity contribution in [2.24, 2.45) is 0 Å². The average molecular weight is 384 g/mol. The van der Waals surface area contributed by atoms with E-state index in [-0.39, 0.29) is 10.9 Å². The second kappa shape index (κ2) is 7.70. The highest BCUT2D eigenvalue weighted by Crippen LogP contribution is 2.40. The fourth-order valence-corrected chi connectivity index (χ4v) is 2.98. The first-order valence-electron chi connectivity index (χ1n) is 8.19. The third-order valence-corrected chi connectivity index (χ3v) is 5.50. The van der Waals surface area contributed by atoms with E-state index >= 15 is 0 Å². The third kappa shape index (κ3) is 4.47. The fraction of sp³-hybridized carbons (Fsp3) is 0.500. The normalized spacial score (nSPS) is 18.9. The summed E-state index contributed by atoms with van der Waals surface area (Å²) < 4.78 is 44.4. The Morgan fingerprint density at radius 3 is 2.23 bits per heavy atom. The number of thioether (sulfide) groups is 1. The van der Waals surface area contributed by atoms with Crippen molar-refractivity contribution in [3.63, 3.8) is 0 Å². The summed E-state index contributed by atoms with van der Waals surface area (Å²) in [4.78, 5) is 11.4. The van der Waals surface area contributed by atoms with Crippen molar-refractivity contribution in [3.05, 3.63) is 34.8 Å². The van der Waals surface area contributed by atoms with Gasteiger partial charge in [-0.2, -0.15) is 0 Å². The number of hydrogen-bond donors (Lipinski definition) is 0. The predicted octanol–water partition coefficient (Wildman–Crippen LogP) is 4.27. The number of carbonyl (C=O) groups is 1. The van der Waals surface area contributed by atoms with E-state index in [9.17, 15) is 13.6 Å². The Bertz CT molecular complexity index is 718. The fourth-order valence-electron chi connectivity index (χ4n) is 2.39. The van der Waals surface area contributed by atoms with Crippen LogP contribution < -0.4 is 4.74 Å². The number of halogens is 2. The van der Waals surface area contributed by atoms with Gasteiger partial charge in [-0.1, -0.05) is 17.8 Å². The molecule has 0 amide bonds. The summed E-state index contributed by atoms with van der Waals surface area (Å²) in [5.41, 5.74) is -0.139. The molecule has 0 N–H and O–H groups in total. The molecule has 4 nitrogen and oxygen atoms in total. The molecular weight excluding hydrogens is 361 g/mol. The molecule has 1 saturated heterocycles. The van der Waals surface area contributed by atoms with Crippen molar-refractivity contribution in [2.45, 2.75) is 45.8 Å². The van der Waals surface area contributed by atoms with Gasteiger partial charge < -0.3 is 14.0 Å². The van der Waals surface area contributed by atoms with E-state index in [1.807, 2.05) is 27.7 Å². The third-order valence-electron chi connectivity index (χ3n) is 4.61. The van der Waals surface area contributed by atoms with E-state index in [0.29, 0.717) is 16.8 Å². The van der Waals surface area contributed by atoms with E-state index < -0.39 is 30.0 Å². The second-order valence-corrected chi connectivity index (χ2v) is 8.25. The maximum Gasteiger partial charge on any atom is 0.491 e. The van der Waals surface area contributed by atoms with Gasteiger partial charge in [-0.05, 0) is 39.2 Å². The second-order valence-electron chi connectivity index (χ2n) is 7.10. The van der Waals surface area contributed by atoms with Crippen molar-refractivity contribution in [1.29, 1.82) is 0 Å². The summed E-state index contributed by atoms with van der Waals surface area (Å²) in [6, 6.07) is 2.04. The number of hydrogen-bond acceptors (Lipinski definition) is 5. The van der Waals surface area contributed by atoms with Gasteiger partial charge in [-0.25, -0.2) is 8.78 Å². The van der Waals surface area contributed by atoms with Crippen LogP contribution in [0.3, 0.4) is 0 Å². The van der Waals surface area contributed by atoms with E-state index in [0.717, 1.165) is 23.9 Å². The lowest BCUT2D eigenvalue weighted by Crippen LogP contribution is -2.41. The molecule has 0 spiro atoms. The lowest BCUT2D eigenvalue weighted by atomic mass is 9.78. The smallest absolute Gasteiger partial charge is 0.491 e. The molecule has 0 bridgehead atoms. The standard InChI is InChI=1S/C18H23BF2O4S/c1-11(22)26-10-13(19-24-17(2,3)18(4,5)25-19)7-12-8-14(20)15(21)9-16(12)23-6/h7-9H,10H2,1-6H3. The lowest BCUT2D eigenvalue weighted by Gasteiger charge is -2.32. The SMILES string of the molecule is COc1cc(F)c(F)cc1C=C(CSC(C)=O)B1OC(C)(C)C(C)(C)O1. The number of ether oxygens (including phenoxy) is 1. The van der Waals surface area contributed by atoms with Crippen molar-refractivity contribution >= 4 is 30.1 Å². The van der Waals surface area contributed by atoms with Crippen molar-refractivity contribution in [2.75, 3.05) is 12.9 Å². The molecule has 1 fully saturated rings. The minimum absolute atomic E-state index is 0.0651. The quantitative estimate of drug-likeness (QED) is 0.710. The van der Waals surface area contributed by atoms with E-state index in [1.54, 1.807) is 6.08 Å². The van der Waals surface area contributed by atoms with Gasteiger partial charge in [-0.3, -0.25) is 4.79 Å².